The minimum absolute atomic E-state index is 0.0121. The number of hydrogen-bond acceptors (Lipinski definition) is 2. The van der Waals surface area contributed by atoms with Crippen LogP contribution in [0.3, 0.4) is 0 Å². The van der Waals surface area contributed by atoms with Gasteiger partial charge in [-0.2, -0.15) is 0 Å². The van der Waals surface area contributed by atoms with E-state index in [1.165, 1.54) is 5.56 Å². The molecule has 0 spiro atoms. The van der Waals surface area contributed by atoms with Crippen molar-refractivity contribution in [2.75, 3.05) is 0 Å². The number of Topliss-reactive ketones (excluding diaryl/α,β-unsaturated/α-hetero) is 1. The summed E-state index contributed by atoms with van der Waals surface area (Å²) in [5.41, 5.74) is 3.05. The first-order valence-corrected chi connectivity index (χ1v) is 5.42. The molecule has 0 atom stereocenters. The fourth-order valence-electron chi connectivity index (χ4n) is 1.63. The zero-order valence-corrected chi connectivity index (χ0v) is 9.57. The number of aryl methyl sites for hydroxylation is 1. The molecule has 3 heteroatoms. The van der Waals surface area contributed by atoms with Gasteiger partial charge in [0.2, 0.25) is 0 Å². The Labute approximate surface area is 99.5 Å². The van der Waals surface area contributed by atoms with Crippen molar-refractivity contribution in [2.24, 2.45) is 0 Å². The third-order valence-electron chi connectivity index (χ3n) is 2.62. The fraction of sp³-hybridized carbons (Fsp3) is 0.143. The number of ketones is 1. The van der Waals surface area contributed by atoms with Crippen molar-refractivity contribution in [3.63, 3.8) is 0 Å². The van der Waals surface area contributed by atoms with Crippen LogP contribution in [-0.4, -0.2) is 17.1 Å². The summed E-state index contributed by atoms with van der Waals surface area (Å²) in [6.45, 7) is 2.01. The number of aromatic amines is 1. The number of benzene rings is 1. The van der Waals surface area contributed by atoms with Crippen LogP contribution in [-0.2, 0) is 6.42 Å². The molecular weight excluding hydrogens is 214 g/mol. The molecule has 2 rings (SSSR count). The number of hydrogen-bond donors (Lipinski definition) is 1. The van der Waals surface area contributed by atoms with Crippen LogP contribution in [0, 0.1) is 6.92 Å². The second-order valence-corrected chi connectivity index (χ2v) is 4.03. The Morgan fingerprint density at radius 3 is 2.47 bits per heavy atom. The summed E-state index contributed by atoms with van der Waals surface area (Å²) >= 11 is 0. The summed E-state index contributed by atoms with van der Waals surface area (Å²) in [6, 6.07) is 11.1. The van der Waals surface area contributed by atoms with Crippen molar-refractivity contribution >= 4 is 12.1 Å². The normalized spacial score (nSPS) is 10.2. The first kappa shape index (κ1) is 11.3. The van der Waals surface area contributed by atoms with E-state index in [0.29, 0.717) is 24.1 Å². The van der Waals surface area contributed by atoms with Gasteiger partial charge in [0.1, 0.15) is 0 Å². The molecule has 0 aliphatic heterocycles. The van der Waals surface area contributed by atoms with Gasteiger partial charge in [-0.15, -0.1) is 0 Å². The molecule has 1 heterocycles. The first-order chi connectivity index (χ1) is 8.19. The maximum absolute atomic E-state index is 11.9. The summed E-state index contributed by atoms with van der Waals surface area (Å²) in [5, 5.41) is 0. The number of aromatic nitrogens is 1. The summed E-state index contributed by atoms with van der Waals surface area (Å²) in [6.07, 6.45) is 1.04. The zero-order chi connectivity index (χ0) is 12.3. The third-order valence-corrected chi connectivity index (χ3v) is 2.62. The molecule has 17 heavy (non-hydrogen) atoms. The van der Waals surface area contributed by atoms with Crippen LogP contribution < -0.4 is 0 Å². The van der Waals surface area contributed by atoms with Crippen LogP contribution in [0.4, 0.5) is 0 Å². The van der Waals surface area contributed by atoms with Crippen LogP contribution in [0.5, 0.6) is 0 Å². The van der Waals surface area contributed by atoms with E-state index < -0.39 is 0 Å². The summed E-state index contributed by atoms with van der Waals surface area (Å²) in [7, 11) is 0. The highest BCUT2D eigenvalue weighted by Gasteiger charge is 2.09. The van der Waals surface area contributed by atoms with Gasteiger partial charge in [-0.25, -0.2) is 0 Å². The Hall–Kier alpha value is -2.16. The highest BCUT2D eigenvalue weighted by atomic mass is 16.1. The van der Waals surface area contributed by atoms with Crippen molar-refractivity contribution in [1.82, 2.24) is 4.98 Å². The van der Waals surface area contributed by atoms with E-state index in [-0.39, 0.29) is 5.78 Å². The first-order valence-electron chi connectivity index (χ1n) is 5.42. The molecule has 1 N–H and O–H groups in total. The monoisotopic (exact) mass is 227 g/mol. The van der Waals surface area contributed by atoms with E-state index in [4.69, 9.17) is 0 Å². The second kappa shape index (κ2) is 4.78. The lowest BCUT2D eigenvalue weighted by Gasteiger charge is -2.00. The summed E-state index contributed by atoms with van der Waals surface area (Å²) < 4.78 is 0. The number of carbonyl (C=O) groups excluding carboxylic acids is 2. The third kappa shape index (κ3) is 2.69. The fourth-order valence-corrected chi connectivity index (χ4v) is 1.63. The number of carbonyl (C=O) groups is 2. The van der Waals surface area contributed by atoms with Gasteiger partial charge in [-0.1, -0.05) is 29.8 Å². The highest BCUT2D eigenvalue weighted by Crippen LogP contribution is 2.08. The van der Waals surface area contributed by atoms with Crippen LogP contribution >= 0.6 is 0 Å². The molecule has 0 bridgehead atoms. The van der Waals surface area contributed by atoms with E-state index in [1.807, 2.05) is 31.2 Å². The number of aldehydes is 1. The SMILES string of the molecule is Cc1ccc(CC(=O)c2ccc(C=O)[nH]2)cc1. The summed E-state index contributed by atoms with van der Waals surface area (Å²) in [5.74, 6) is -0.0121. The molecular formula is C14H13NO2. The standard InChI is InChI=1S/C14H13NO2/c1-10-2-4-11(5-3-10)8-14(17)13-7-6-12(9-16)15-13/h2-7,9,15H,8H2,1H3. The van der Waals surface area contributed by atoms with E-state index in [1.54, 1.807) is 12.1 Å². The number of rotatable bonds is 4. The van der Waals surface area contributed by atoms with Gasteiger partial charge in [0.05, 0.1) is 11.4 Å². The Kier molecular flexibility index (Phi) is 3.19. The molecule has 0 saturated carbocycles. The summed E-state index contributed by atoms with van der Waals surface area (Å²) in [4.78, 5) is 25.2. The van der Waals surface area contributed by atoms with Crippen molar-refractivity contribution in [3.8, 4) is 0 Å². The predicted molar refractivity (Wildman–Crippen MR) is 65.4 cm³/mol. The average Bonchev–Trinajstić information content (AvgIpc) is 2.81. The molecule has 2 aromatic rings. The molecule has 0 aliphatic carbocycles. The van der Waals surface area contributed by atoms with Crippen LogP contribution in [0.2, 0.25) is 0 Å². The van der Waals surface area contributed by atoms with E-state index in [9.17, 15) is 9.59 Å². The molecule has 0 amide bonds. The minimum Gasteiger partial charge on any atom is -0.350 e. The van der Waals surface area contributed by atoms with Gasteiger partial charge < -0.3 is 4.98 Å². The van der Waals surface area contributed by atoms with E-state index in [2.05, 4.69) is 4.98 Å². The topological polar surface area (TPSA) is 49.9 Å². The van der Waals surface area contributed by atoms with Gasteiger partial charge >= 0.3 is 0 Å². The average molecular weight is 227 g/mol. The molecule has 0 fully saturated rings. The Balaban J connectivity index is 2.11. The maximum atomic E-state index is 11.9. The second-order valence-electron chi connectivity index (χ2n) is 4.03. The molecule has 1 aromatic carbocycles. The molecule has 86 valence electrons. The van der Waals surface area contributed by atoms with Crippen molar-refractivity contribution in [1.29, 1.82) is 0 Å². The smallest absolute Gasteiger partial charge is 0.183 e. The van der Waals surface area contributed by atoms with Crippen molar-refractivity contribution in [2.45, 2.75) is 13.3 Å². The van der Waals surface area contributed by atoms with Gasteiger partial charge in [-0.3, -0.25) is 9.59 Å². The van der Waals surface area contributed by atoms with Crippen LogP contribution in [0.1, 0.15) is 32.1 Å². The molecule has 0 unspecified atom stereocenters. The molecule has 3 nitrogen and oxygen atoms in total. The zero-order valence-electron chi connectivity index (χ0n) is 9.57. The number of H-pyrrole nitrogens is 1. The Morgan fingerprint density at radius 2 is 1.88 bits per heavy atom. The largest absolute Gasteiger partial charge is 0.350 e. The van der Waals surface area contributed by atoms with E-state index >= 15 is 0 Å². The van der Waals surface area contributed by atoms with Gasteiger partial charge in [0, 0.05) is 6.42 Å². The molecule has 1 aromatic heterocycles. The van der Waals surface area contributed by atoms with Gasteiger partial charge in [0.15, 0.2) is 12.1 Å². The lowest BCUT2D eigenvalue weighted by molar-refractivity contribution is 0.0989. The molecule has 0 saturated heterocycles. The Bertz CT molecular complexity index is 538. The molecule has 0 aliphatic rings. The van der Waals surface area contributed by atoms with Crippen LogP contribution in [0.25, 0.3) is 0 Å². The lowest BCUT2D eigenvalue weighted by Crippen LogP contribution is -2.04. The highest BCUT2D eigenvalue weighted by molar-refractivity contribution is 5.96. The number of nitrogens with one attached hydrogen (secondary N) is 1. The lowest BCUT2D eigenvalue weighted by atomic mass is 10.1. The Morgan fingerprint density at radius 1 is 1.18 bits per heavy atom. The van der Waals surface area contributed by atoms with Crippen molar-refractivity contribution < 1.29 is 9.59 Å². The predicted octanol–water partition coefficient (Wildman–Crippen LogP) is 2.56. The maximum Gasteiger partial charge on any atom is 0.183 e. The minimum atomic E-state index is -0.0121. The quantitative estimate of drug-likeness (QED) is 0.644. The molecule has 0 radical (unpaired) electrons. The van der Waals surface area contributed by atoms with Gasteiger partial charge in [0.25, 0.3) is 0 Å². The van der Waals surface area contributed by atoms with E-state index in [0.717, 1.165) is 5.56 Å². The van der Waals surface area contributed by atoms with Crippen molar-refractivity contribution in [3.05, 3.63) is 58.9 Å². The van der Waals surface area contributed by atoms with Gasteiger partial charge in [-0.05, 0) is 24.6 Å². The van der Waals surface area contributed by atoms with Crippen LogP contribution in [0.15, 0.2) is 36.4 Å².